The summed E-state index contributed by atoms with van der Waals surface area (Å²) in [6.45, 7) is 3.69. The van der Waals surface area contributed by atoms with Crippen LogP contribution in [0.25, 0.3) is 0 Å². The molecule has 0 aliphatic carbocycles. The van der Waals surface area contributed by atoms with E-state index in [0.29, 0.717) is 18.0 Å². The van der Waals surface area contributed by atoms with Gasteiger partial charge in [-0.2, -0.15) is 0 Å². The van der Waals surface area contributed by atoms with Crippen molar-refractivity contribution in [1.82, 2.24) is 9.80 Å². The van der Waals surface area contributed by atoms with Crippen LogP contribution in [0.2, 0.25) is 0 Å². The van der Waals surface area contributed by atoms with E-state index in [2.05, 4.69) is 9.80 Å². The first-order valence-corrected chi connectivity index (χ1v) is 10.9. The topological polar surface area (TPSA) is 45.2 Å². The third kappa shape index (κ3) is 5.10. The van der Waals surface area contributed by atoms with Crippen molar-refractivity contribution in [3.05, 3.63) is 89.0 Å². The molecular formula is C26H28F2N2O3. The maximum atomic E-state index is 13.5. The van der Waals surface area contributed by atoms with Gasteiger partial charge in [-0.1, -0.05) is 30.3 Å². The minimum Gasteiger partial charge on any atom is -0.504 e. The van der Waals surface area contributed by atoms with E-state index in [0.717, 1.165) is 42.9 Å². The molecule has 1 heterocycles. The monoisotopic (exact) mass is 454 g/mol. The molecule has 0 amide bonds. The normalized spacial score (nSPS) is 15.1. The Bertz CT molecular complexity index is 1020. The molecule has 0 unspecified atom stereocenters. The van der Waals surface area contributed by atoms with Crippen molar-refractivity contribution >= 4 is 0 Å². The summed E-state index contributed by atoms with van der Waals surface area (Å²) < 4.78 is 37.6. The molecule has 0 saturated carbocycles. The number of aromatic hydroxyl groups is 1. The Kier molecular flexibility index (Phi) is 7.11. The Hall–Kier alpha value is -3.16. The number of rotatable bonds is 7. The van der Waals surface area contributed by atoms with Crippen LogP contribution in [0.3, 0.4) is 0 Å². The lowest BCUT2D eigenvalue weighted by atomic mass is 9.96. The molecule has 0 radical (unpaired) electrons. The smallest absolute Gasteiger partial charge is 0.203 e. The van der Waals surface area contributed by atoms with E-state index in [1.165, 1.54) is 38.5 Å². The van der Waals surface area contributed by atoms with Gasteiger partial charge in [-0.05, 0) is 41.5 Å². The van der Waals surface area contributed by atoms with Crippen LogP contribution in [0.4, 0.5) is 8.78 Å². The van der Waals surface area contributed by atoms with Crippen molar-refractivity contribution in [2.45, 2.75) is 12.6 Å². The lowest BCUT2D eigenvalue weighted by molar-refractivity contribution is 0.104. The third-order valence-electron chi connectivity index (χ3n) is 6.14. The second-order valence-electron chi connectivity index (χ2n) is 8.13. The molecule has 5 nitrogen and oxygen atoms in total. The Labute approximate surface area is 192 Å². The summed E-state index contributed by atoms with van der Waals surface area (Å²) in [7, 11) is 3.04. The highest BCUT2D eigenvalue weighted by atomic mass is 19.1. The molecule has 33 heavy (non-hydrogen) atoms. The molecule has 0 atom stereocenters. The van der Waals surface area contributed by atoms with Gasteiger partial charge in [0.15, 0.2) is 11.5 Å². The zero-order valence-corrected chi connectivity index (χ0v) is 18.8. The van der Waals surface area contributed by atoms with Gasteiger partial charge in [0.25, 0.3) is 0 Å². The summed E-state index contributed by atoms with van der Waals surface area (Å²) in [5, 5.41) is 10.6. The number of phenolic OH excluding ortho intramolecular Hbond substituents is 1. The van der Waals surface area contributed by atoms with Gasteiger partial charge in [0, 0.05) is 38.3 Å². The molecule has 4 rings (SSSR count). The minimum absolute atomic E-state index is 0.0924. The van der Waals surface area contributed by atoms with Crippen LogP contribution in [0.15, 0.2) is 60.7 Å². The lowest BCUT2D eigenvalue weighted by Gasteiger charge is -2.40. The van der Waals surface area contributed by atoms with Crippen LogP contribution in [0, 0.1) is 11.6 Å². The Morgan fingerprint density at radius 2 is 1.33 bits per heavy atom. The first-order valence-electron chi connectivity index (χ1n) is 10.9. The van der Waals surface area contributed by atoms with E-state index in [4.69, 9.17) is 9.47 Å². The highest BCUT2D eigenvalue weighted by Crippen LogP contribution is 2.39. The largest absolute Gasteiger partial charge is 0.504 e. The van der Waals surface area contributed by atoms with Crippen molar-refractivity contribution < 1.29 is 23.4 Å². The number of benzene rings is 3. The second-order valence-corrected chi connectivity index (χ2v) is 8.13. The van der Waals surface area contributed by atoms with Crippen LogP contribution in [-0.4, -0.2) is 55.3 Å². The molecule has 1 N–H and O–H groups in total. The van der Waals surface area contributed by atoms with E-state index in [9.17, 15) is 13.9 Å². The van der Waals surface area contributed by atoms with Gasteiger partial charge in [0.2, 0.25) is 5.75 Å². The van der Waals surface area contributed by atoms with E-state index < -0.39 is 0 Å². The third-order valence-corrected chi connectivity index (χ3v) is 6.14. The second kappa shape index (κ2) is 10.2. The molecule has 3 aromatic rings. The van der Waals surface area contributed by atoms with Crippen molar-refractivity contribution in [3.63, 3.8) is 0 Å². The molecule has 1 aliphatic heterocycles. The summed E-state index contributed by atoms with van der Waals surface area (Å²) >= 11 is 0. The van der Waals surface area contributed by atoms with Crippen LogP contribution in [0.1, 0.15) is 22.7 Å². The van der Waals surface area contributed by atoms with Gasteiger partial charge in [-0.15, -0.1) is 0 Å². The summed E-state index contributed by atoms with van der Waals surface area (Å²) in [5.74, 6) is 0.355. The highest BCUT2D eigenvalue weighted by Gasteiger charge is 2.27. The zero-order valence-electron chi connectivity index (χ0n) is 18.8. The average Bonchev–Trinajstić information content (AvgIpc) is 2.83. The molecule has 3 aromatic carbocycles. The molecule has 1 saturated heterocycles. The van der Waals surface area contributed by atoms with Gasteiger partial charge in [-0.25, -0.2) is 8.78 Å². The maximum absolute atomic E-state index is 13.5. The predicted molar refractivity (Wildman–Crippen MR) is 123 cm³/mol. The van der Waals surface area contributed by atoms with Gasteiger partial charge >= 0.3 is 0 Å². The van der Waals surface area contributed by atoms with Crippen molar-refractivity contribution in [3.8, 4) is 17.2 Å². The lowest BCUT2D eigenvalue weighted by Crippen LogP contribution is -2.47. The number of halogens is 2. The predicted octanol–water partition coefficient (Wildman–Crippen LogP) is 4.59. The van der Waals surface area contributed by atoms with E-state index >= 15 is 0 Å². The number of methoxy groups -OCH3 is 2. The molecule has 0 bridgehead atoms. The van der Waals surface area contributed by atoms with Gasteiger partial charge in [0.05, 0.1) is 20.3 Å². The van der Waals surface area contributed by atoms with Crippen LogP contribution in [0.5, 0.6) is 17.2 Å². The van der Waals surface area contributed by atoms with Gasteiger partial charge in [-0.3, -0.25) is 9.80 Å². The van der Waals surface area contributed by atoms with Crippen molar-refractivity contribution in [2.75, 3.05) is 40.4 Å². The van der Waals surface area contributed by atoms with E-state index in [1.54, 1.807) is 30.3 Å². The Morgan fingerprint density at radius 3 is 1.82 bits per heavy atom. The quantitative estimate of drug-likeness (QED) is 0.566. The van der Waals surface area contributed by atoms with E-state index in [-0.39, 0.29) is 23.4 Å². The highest BCUT2D eigenvalue weighted by molar-refractivity contribution is 5.54. The summed E-state index contributed by atoms with van der Waals surface area (Å²) in [5.41, 5.74) is 2.71. The fraction of sp³-hybridized carbons (Fsp3) is 0.308. The summed E-state index contributed by atoms with van der Waals surface area (Å²) in [4.78, 5) is 4.59. The molecule has 0 spiro atoms. The first-order chi connectivity index (χ1) is 16.0. The number of phenols is 1. The van der Waals surface area contributed by atoms with Gasteiger partial charge in [0.1, 0.15) is 11.6 Å². The molecule has 7 heteroatoms. The van der Waals surface area contributed by atoms with Crippen LogP contribution >= 0.6 is 0 Å². The molecule has 1 aliphatic rings. The Balaban J connectivity index is 1.50. The Morgan fingerprint density at radius 1 is 0.788 bits per heavy atom. The fourth-order valence-electron chi connectivity index (χ4n) is 4.40. The number of nitrogens with zero attached hydrogens (tertiary/aromatic N) is 2. The maximum Gasteiger partial charge on any atom is 0.203 e. The first kappa shape index (κ1) is 23.0. The van der Waals surface area contributed by atoms with Crippen LogP contribution < -0.4 is 9.47 Å². The number of piperazine rings is 1. The molecule has 174 valence electrons. The standard InChI is InChI=1S/C26H28F2N2O3/c1-32-23-12-7-20(25(31)26(23)33-2)17-29-13-15-30(16-14-29)24(18-3-8-21(27)9-4-18)19-5-10-22(28)11-6-19/h3-12,24,31H,13-17H2,1-2H3. The number of hydrogen-bond acceptors (Lipinski definition) is 5. The van der Waals surface area contributed by atoms with Crippen molar-refractivity contribution in [1.29, 1.82) is 0 Å². The average molecular weight is 455 g/mol. The minimum atomic E-state index is -0.281. The molecule has 0 aromatic heterocycles. The van der Waals surface area contributed by atoms with Crippen molar-refractivity contribution in [2.24, 2.45) is 0 Å². The van der Waals surface area contributed by atoms with Gasteiger partial charge < -0.3 is 14.6 Å². The number of ether oxygens (including phenoxy) is 2. The molecular weight excluding hydrogens is 426 g/mol. The molecule has 1 fully saturated rings. The summed E-state index contributed by atoms with van der Waals surface area (Å²) in [6, 6.07) is 16.5. The summed E-state index contributed by atoms with van der Waals surface area (Å²) in [6.07, 6.45) is 0. The fourth-order valence-corrected chi connectivity index (χ4v) is 4.40. The van der Waals surface area contributed by atoms with E-state index in [1.807, 2.05) is 6.07 Å². The van der Waals surface area contributed by atoms with Crippen LogP contribution in [-0.2, 0) is 6.54 Å². The zero-order chi connectivity index (χ0) is 23.4. The SMILES string of the molecule is COc1ccc(CN2CCN(C(c3ccc(F)cc3)c3ccc(F)cc3)CC2)c(O)c1OC. The number of hydrogen-bond donors (Lipinski definition) is 1.